The molecule has 1 heterocycles. The van der Waals surface area contributed by atoms with Gasteiger partial charge in [0.1, 0.15) is 5.75 Å². The largest absolute Gasteiger partial charge is 0.494 e. The number of hydrogen-bond donors (Lipinski definition) is 3. The molecule has 8 heteroatoms. The van der Waals surface area contributed by atoms with Gasteiger partial charge in [-0.05, 0) is 62.7 Å². The third-order valence-corrected chi connectivity index (χ3v) is 5.05. The van der Waals surface area contributed by atoms with E-state index in [1.807, 2.05) is 57.2 Å². The first-order valence-electron chi connectivity index (χ1n) is 10.8. The minimum absolute atomic E-state index is 0.0531. The van der Waals surface area contributed by atoms with E-state index < -0.39 is 5.92 Å². The van der Waals surface area contributed by atoms with Crippen molar-refractivity contribution in [3.63, 3.8) is 0 Å². The Morgan fingerprint density at radius 3 is 2.41 bits per heavy atom. The van der Waals surface area contributed by atoms with E-state index in [1.54, 1.807) is 17.0 Å². The van der Waals surface area contributed by atoms with Gasteiger partial charge in [0.25, 0.3) is 0 Å². The second kappa shape index (κ2) is 10.7. The normalized spacial score (nSPS) is 15.6. The third kappa shape index (κ3) is 6.23. The van der Waals surface area contributed by atoms with E-state index in [1.165, 1.54) is 0 Å². The number of amides is 4. The Balaban J connectivity index is 1.50. The number of benzene rings is 2. The van der Waals surface area contributed by atoms with Crippen LogP contribution in [0.4, 0.5) is 16.2 Å². The van der Waals surface area contributed by atoms with Crippen molar-refractivity contribution in [3.8, 4) is 5.75 Å². The molecule has 0 aromatic heterocycles. The van der Waals surface area contributed by atoms with Gasteiger partial charge in [0, 0.05) is 36.9 Å². The number of carbonyl (C=O) groups is 3. The molecule has 1 unspecified atom stereocenters. The first-order chi connectivity index (χ1) is 15.4. The van der Waals surface area contributed by atoms with Gasteiger partial charge in [-0.25, -0.2) is 4.79 Å². The highest BCUT2D eigenvalue weighted by Crippen LogP contribution is 2.27. The first-order valence-corrected chi connectivity index (χ1v) is 10.8. The molecule has 3 rings (SSSR count). The standard InChI is InChI=1S/C24H30N4O4/c1-4-32-21-11-9-20(10-12-21)28-15-18(13-22(28)29)23(30)25-14-17-5-7-19(8-6-17)27-24(31)26-16(2)3/h5-12,16,18H,4,13-15H2,1-3H3,(H,25,30)(H2,26,27,31). The van der Waals surface area contributed by atoms with Crippen LogP contribution in [0.1, 0.15) is 32.8 Å². The minimum atomic E-state index is -0.394. The van der Waals surface area contributed by atoms with Gasteiger partial charge >= 0.3 is 6.03 Å². The molecule has 1 fully saturated rings. The molecular formula is C24H30N4O4. The Hall–Kier alpha value is -3.55. The number of ether oxygens (including phenoxy) is 1. The van der Waals surface area contributed by atoms with E-state index in [9.17, 15) is 14.4 Å². The van der Waals surface area contributed by atoms with Crippen molar-refractivity contribution in [3.05, 3.63) is 54.1 Å². The van der Waals surface area contributed by atoms with Crippen LogP contribution < -0.4 is 25.6 Å². The molecule has 0 saturated carbocycles. The van der Waals surface area contributed by atoms with Gasteiger partial charge in [-0.1, -0.05) is 12.1 Å². The number of nitrogens with one attached hydrogen (secondary N) is 3. The molecule has 0 aliphatic carbocycles. The Kier molecular flexibility index (Phi) is 7.70. The second-order valence-corrected chi connectivity index (χ2v) is 8.00. The van der Waals surface area contributed by atoms with Crippen LogP contribution in [0.25, 0.3) is 0 Å². The molecule has 1 atom stereocenters. The third-order valence-electron chi connectivity index (χ3n) is 5.05. The van der Waals surface area contributed by atoms with E-state index in [2.05, 4.69) is 16.0 Å². The molecule has 1 saturated heterocycles. The van der Waals surface area contributed by atoms with Crippen molar-refractivity contribution in [1.29, 1.82) is 0 Å². The van der Waals surface area contributed by atoms with Crippen molar-refractivity contribution in [2.45, 2.75) is 39.8 Å². The molecule has 0 radical (unpaired) electrons. The summed E-state index contributed by atoms with van der Waals surface area (Å²) in [5, 5.41) is 8.43. The molecule has 0 spiro atoms. The predicted molar refractivity (Wildman–Crippen MR) is 124 cm³/mol. The quantitative estimate of drug-likeness (QED) is 0.589. The van der Waals surface area contributed by atoms with Gasteiger partial charge in [-0.2, -0.15) is 0 Å². The summed E-state index contributed by atoms with van der Waals surface area (Å²) >= 11 is 0. The summed E-state index contributed by atoms with van der Waals surface area (Å²) in [6.45, 7) is 6.98. The topological polar surface area (TPSA) is 99.8 Å². The fourth-order valence-corrected chi connectivity index (χ4v) is 3.49. The fraction of sp³-hybridized carbons (Fsp3) is 0.375. The Morgan fingerprint density at radius 1 is 1.09 bits per heavy atom. The molecule has 4 amide bonds. The highest BCUT2D eigenvalue weighted by molar-refractivity contribution is 6.00. The van der Waals surface area contributed by atoms with E-state index in [-0.39, 0.29) is 30.3 Å². The van der Waals surface area contributed by atoms with E-state index >= 15 is 0 Å². The predicted octanol–water partition coefficient (Wildman–Crippen LogP) is 3.28. The lowest BCUT2D eigenvalue weighted by Gasteiger charge is -2.17. The van der Waals surface area contributed by atoms with Crippen molar-refractivity contribution in [1.82, 2.24) is 10.6 Å². The minimum Gasteiger partial charge on any atom is -0.494 e. The van der Waals surface area contributed by atoms with Crippen LogP contribution in [0, 0.1) is 5.92 Å². The first kappa shape index (κ1) is 23.1. The van der Waals surface area contributed by atoms with Crippen molar-refractivity contribution >= 4 is 29.2 Å². The number of carbonyl (C=O) groups excluding carboxylic acids is 3. The lowest BCUT2D eigenvalue weighted by molar-refractivity contribution is -0.126. The Bertz CT molecular complexity index is 941. The van der Waals surface area contributed by atoms with Crippen LogP contribution in [0.2, 0.25) is 0 Å². The maximum Gasteiger partial charge on any atom is 0.319 e. The van der Waals surface area contributed by atoms with Crippen LogP contribution in [0.15, 0.2) is 48.5 Å². The average molecular weight is 439 g/mol. The summed E-state index contributed by atoms with van der Waals surface area (Å²) in [7, 11) is 0. The molecule has 3 N–H and O–H groups in total. The number of rotatable bonds is 8. The van der Waals surface area contributed by atoms with Gasteiger partial charge in [0.15, 0.2) is 0 Å². The summed E-state index contributed by atoms with van der Waals surface area (Å²) < 4.78 is 5.43. The average Bonchev–Trinajstić information content (AvgIpc) is 3.15. The molecule has 2 aromatic carbocycles. The summed E-state index contributed by atoms with van der Waals surface area (Å²) in [6, 6.07) is 14.4. The monoisotopic (exact) mass is 438 g/mol. The van der Waals surface area contributed by atoms with Gasteiger partial charge in [-0.15, -0.1) is 0 Å². The van der Waals surface area contributed by atoms with Crippen molar-refractivity contribution < 1.29 is 19.1 Å². The van der Waals surface area contributed by atoms with Crippen LogP contribution in [-0.4, -0.2) is 37.0 Å². The van der Waals surface area contributed by atoms with E-state index in [0.717, 1.165) is 17.0 Å². The highest BCUT2D eigenvalue weighted by Gasteiger charge is 2.35. The molecule has 0 bridgehead atoms. The SMILES string of the molecule is CCOc1ccc(N2CC(C(=O)NCc3ccc(NC(=O)NC(C)C)cc3)CC2=O)cc1. The Morgan fingerprint density at radius 2 is 1.78 bits per heavy atom. The molecule has 8 nitrogen and oxygen atoms in total. The number of hydrogen-bond acceptors (Lipinski definition) is 4. The zero-order valence-electron chi connectivity index (χ0n) is 18.7. The van der Waals surface area contributed by atoms with Crippen molar-refractivity contribution in [2.75, 3.05) is 23.4 Å². The maximum absolute atomic E-state index is 12.6. The summed E-state index contributed by atoms with van der Waals surface area (Å²) in [4.78, 5) is 38.5. The summed E-state index contributed by atoms with van der Waals surface area (Å²) in [6.07, 6.45) is 0.187. The van der Waals surface area contributed by atoms with Crippen LogP contribution >= 0.6 is 0 Å². The molecule has 32 heavy (non-hydrogen) atoms. The maximum atomic E-state index is 12.6. The number of urea groups is 1. The van der Waals surface area contributed by atoms with Crippen LogP contribution in [0.5, 0.6) is 5.75 Å². The number of anilines is 2. The lowest BCUT2D eigenvalue weighted by Crippen LogP contribution is -2.34. The molecule has 2 aromatic rings. The van der Waals surface area contributed by atoms with Crippen LogP contribution in [0.3, 0.4) is 0 Å². The van der Waals surface area contributed by atoms with Gasteiger partial charge in [0.05, 0.1) is 12.5 Å². The highest BCUT2D eigenvalue weighted by atomic mass is 16.5. The number of nitrogens with zero attached hydrogens (tertiary/aromatic N) is 1. The van der Waals surface area contributed by atoms with Gasteiger partial charge in [0.2, 0.25) is 11.8 Å². The molecule has 170 valence electrons. The molecule has 1 aliphatic rings. The zero-order valence-corrected chi connectivity index (χ0v) is 18.7. The van der Waals surface area contributed by atoms with E-state index in [4.69, 9.17) is 4.74 Å². The smallest absolute Gasteiger partial charge is 0.319 e. The second-order valence-electron chi connectivity index (χ2n) is 8.00. The summed E-state index contributed by atoms with van der Waals surface area (Å²) in [5.41, 5.74) is 2.34. The Labute approximate surface area is 188 Å². The van der Waals surface area contributed by atoms with Crippen LogP contribution in [-0.2, 0) is 16.1 Å². The van der Waals surface area contributed by atoms with Gasteiger partial charge < -0.3 is 25.6 Å². The molecular weight excluding hydrogens is 408 g/mol. The fourth-order valence-electron chi connectivity index (χ4n) is 3.49. The molecule has 1 aliphatic heterocycles. The van der Waals surface area contributed by atoms with E-state index in [0.29, 0.717) is 25.4 Å². The van der Waals surface area contributed by atoms with Gasteiger partial charge in [-0.3, -0.25) is 9.59 Å². The summed E-state index contributed by atoms with van der Waals surface area (Å²) in [5.74, 6) is 0.142. The lowest BCUT2D eigenvalue weighted by atomic mass is 10.1. The zero-order chi connectivity index (χ0) is 23.1. The van der Waals surface area contributed by atoms with Crippen molar-refractivity contribution in [2.24, 2.45) is 5.92 Å².